The molecule has 1 N–H and O–H groups in total. The standard InChI is InChI=1S/C11H23NOS/c1-8-7-10(2,3)12-9(13-8)11(4,5)14-6/h8-9,12H,7H2,1-6H3. The van der Waals surface area contributed by atoms with E-state index < -0.39 is 0 Å². The van der Waals surface area contributed by atoms with Gasteiger partial charge in [0, 0.05) is 10.3 Å². The SMILES string of the molecule is CSC(C)(C)C1NC(C)(C)CC(C)O1. The van der Waals surface area contributed by atoms with E-state index in [2.05, 4.69) is 46.2 Å². The second-order valence-electron chi connectivity index (χ2n) is 5.37. The molecule has 0 radical (unpaired) electrons. The van der Waals surface area contributed by atoms with Crippen molar-refractivity contribution >= 4 is 11.8 Å². The molecular weight excluding hydrogens is 194 g/mol. The zero-order chi connectivity index (χ0) is 11.0. The molecule has 0 aromatic rings. The minimum atomic E-state index is 0.131. The first-order valence-electron chi connectivity index (χ1n) is 5.25. The van der Waals surface area contributed by atoms with E-state index in [4.69, 9.17) is 4.74 Å². The van der Waals surface area contributed by atoms with Gasteiger partial charge in [-0.25, -0.2) is 0 Å². The van der Waals surface area contributed by atoms with Crippen molar-refractivity contribution in [1.29, 1.82) is 0 Å². The first-order valence-corrected chi connectivity index (χ1v) is 6.48. The van der Waals surface area contributed by atoms with Crippen molar-refractivity contribution in [2.24, 2.45) is 0 Å². The Balaban J connectivity index is 2.71. The molecule has 3 heteroatoms. The molecule has 14 heavy (non-hydrogen) atoms. The average Bonchev–Trinajstić information content (AvgIpc) is 2.00. The highest BCUT2D eigenvalue weighted by atomic mass is 32.2. The van der Waals surface area contributed by atoms with Gasteiger partial charge < -0.3 is 4.74 Å². The summed E-state index contributed by atoms with van der Waals surface area (Å²) in [6.07, 6.45) is 3.71. The number of hydrogen-bond acceptors (Lipinski definition) is 3. The van der Waals surface area contributed by atoms with E-state index in [1.807, 2.05) is 11.8 Å². The third kappa shape index (κ3) is 2.88. The van der Waals surface area contributed by atoms with Gasteiger partial charge in [-0.2, -0.15) is 11.8 Å². The third-order valence-corrected chi connectivity index (χ3v) is 4.11. The van der Waals surface area contributed by atoms with Gasteiger partial charge in [0.2, 0.25) is 0 Å². The van der Waals surface area contributed by atoms with Crippen LogP contribution in [0.5, 0.6) is 0 Å². The summed E-state index contributed by atoms with van der Waals surface area (Å²) in [6, 6.07) is 0. The maximum Gasteiger partial charge on any atom is 0.123 e. The van der Waals surface area contributed by atoms with E-state index in [0.717, 1.165) is 6.42 Å². The normalized spacial score (nSPS) is 33.0. The lowest BCUT2D eigenvalue weighted by Gasteiger charge is -2.46. The Bertz CT molecular complexity index is 203. The van der Waals surface area contributed by atoms with E-state index in [-0.39, 0.29) is 16.5 Å². The van der Waals surface area contributed by atoms with Gasteiger partial charge in [0.25, 0.3) is 0 Å². The molecule has 84 valence electrons. The van der Waals surface area contributed by atoms with Crippen molar-refractivity contribution in [1.82, 2.24) is 5.32 Å². The predicted octanol–water partition coefficient (Wildman–Crippen LogP) is 2.63. The van der Waals surface area contributed by atoms with Gasteiger partial charge in [-0.05, 0) is 47.3 Å². The largest absolute Gasteiger partial charge is 0.359 e. The summed E-state index contributed by atoms with van der Waals surface area (Å²) in [4.78, 5) is 0. The van der Waals surface area contributed by atoms with Crippen LogP contribution in [-0.2, 0) is 4.74 Å². The fraction of sp³-hybridized carbons (Fsp3) is 1.00. The summed E-state index contributed by atoms with van der Waals surface area (Å²) in [5.74, 6) is 0. The molecule has 1 saturated heterocycles. The Labute approximate surface area is 92.2 Å². The van der Waals surface area contributed by atoms with Crippen molar-refractivity contribution in [3.63, 3.8) is 0 Å². The first kappa shape index (κ1) is 12.3. The predicted molar refractivity (Wildman–Crippen MR) is 63.8 cm³/mol. The highest BCUT2D eigenvalue weighted by Gasteiger charge is 2.39. The van der Waals surface area contributed by atoms with E-state index in [1.54, 1.807) is 0 Å². The lowest BCUT2D eigenvalue weighted by Crippen LogP contribution is -2.60. The molecule has 2 atom stereocenters. The van der Waals surface area contributed by atoms with Crippen LogP contribution in [0.1, 0.15) is 41.0 Å². The van der Waals surface area contributed by atoms with Crippen molar-refractivity contribution in [3.8, 4) is 0 Å². The maximum atomic E-state index is 5.95. The molecule has 1 heterocycles. The van der Waals surface area contributed by atoms with Crippen LogP contribution in [0, 0.1) is 0 Å². The summed E-state index contributed by atoms with van der Waals surface area (Å²) >= 11 is 1.85. The summed E-state index contributed by atoms with van der Waals surface area (Å²) < 4.78 is 6.08. The number of rotatable bonds is 2. The fourth-order valence-electron chi connectivity index (χ4n) is 1.89. The van der Waals surface area contributed by atoms with Crippen LogP contribution in [0.4, 0.5) is 0 Å². The quantitative estimate of drug-likeness (QED) is 0.768. The molecule has 0 saturated carbocycles. The van der Waals surface area contributed by atoms with Gasteiger partial charge in [0.1, 0.15) is 6.23 Å². The minimum absolute atomic E-state index is 0.131. The fourth-order valence-corrected chi connectivity index (χ4v) is 2.22. The Morgan fingerprint density at radius 2 is 2.00 bits per heavy atom. The van der Waals surface area contributed by atoms with Gasteiger partial charge in [-0.1, -0.05) is 0 Å². The topological polar surface area (TPSA) is 21.3 Å². The molecule has 1 fully saturated rings. The molecular formula is C11H23NOS. The summed E-state index contributed by atoms with van der Waals surface area (Å²) in [7, 11) is 0. The smallest absolute Gasteiger partial charge is 0.123 e. The molecule has 0 bridgehead atoms. The molecule has 0 aromatic heterocycles. The summed E-state index contributed by atoms with van der Waals surface area (Å²) in [6.45, 7) is 11.1. The van der Waals surface area contributed by atoms with Crippen LogP contribution in [0.25, 0.3) is 0 Å². The average molecular weight is 217 g/mol. The van der Waals surface area contributed by atoms with Crippen molar-refractivity contribution in [2.45, 2.75) is 63.7 Å². The second-order valence-corrected chi connectivity index (χ2v) is 6.83. The zero-order valence-corrected chi connectivity index (χ0v) is 11.0. The molecule has 2 nitrogen and oxygen atoms in total. The molecule has 0 amide bonds. The van der Waals surface area contributed by atoms with E-state index >= 15 is 0 Å². The van der Waals surface area contributed by atoms with E-state index in [0.29, 0.717) is 6.10 Å². The van der Waals surface area contributed by atoms with Gasteiger partial charge in [-0.15, -0.1) is 0 Å². The highest BCUT2D eigenvalue weighted by molar-refractivity contribution is 8.00. The van der Waals surface area contributed by atoms with Crippen LogP contribution < -0.4 is 5.32 Å². The zero-order valence-electron chi connectivity index (χ0n) is 10.2. The Morgan fingerprint density at radius 3 is 2.43 bits per heavy atom. The molecule has 0 aromatic carbocycles. The van der Waals surface area contributed by atoms with E-state index in [9.17, 15) is 0 Å². The van der Waals surface area contributed by atoms with Crippen molar-refractivity contribution in [2.75, 3.05) is 6.26 Å². The third-order valence-electron chi connectivity index (χ3n) is 2.85. The number of thioether (sulfide) groups is 1. The Hall–Kier alpha value is 0.270. The van der Waals surface area contributed by atoms with E-state index in [1.165, 1.54) is 0 Å². The number of ether oxygens (including phenoxy) is 1. The summed E-state index contributed by atoms with van der Waals surface area (Å²) in [5.41, 5.74) is 0.190. The van der Waals surface area contributed by atoms with Gasteiger partial charge in [0.15, 0.2) is 0 Å². The van der Waals surface area contributed by atoms with Crippen LogP contribution in [0.2, 0.25) is 0 Å². The number of hydrogen-bond donors (Lipinski definition) is 1. The Kier molecular flexibility index (Phi) is 3.55. The lowest BCUT2D eigenvalue weighted by atomic mass is 9.93. The number of nitrogens with one attached hydrogen (secondary N) is 1. The van der Waals surface area contributed by atoms with Crippen molar-refractivity contribution in [3.05, 3.63) is 0 Å². The van der Waals surface area contributed by atoms with Crippen molar-refractivity contribution < 1.29 is 4.74 Å². The van der Waals surface area contributed by atoms with Crippen LogP contribution in [0.3, 0.4) is 0 Å². The molecule has 2 unspecified atom stereocenters. The second kappa shape index (κ2) is 4.03. The van der Waals surface area contributed by atoms with Gasteiger partial charge >= 0.3 is 0 Å². The monoisotopic (exact) mass is 217 g/mol. The molecule has 1 aliphatic heterocycles. The molecule has 0 aliphatic carbocycles. The lowest BCUT2D eigenvalue weighted by molar-refractivity contribution is -0.0990. The first-order chi connectivity index (χ1) is 6.27. The Morgan fingerprint density at radius 1 is 1.43 bits per heavy atom. The molecule has 0 spiro atoms. The van der Waals surface area contributed by atoms with Crippen LogP contribution >= 0.6 is 11.8 Å². The molecule has 1 aliphatic rings. The van der Waals surface area contributed by atoms with Crippen LogP contribution in [-0.4, -0.2) is 28.9 Å². The summed E-state index contributed by atoms with van der Waals surface area (Å²) in [5, 5.41) is 3.57. The highest BCUT2D eigenvalue weighted by Crippen LogP contribution is 2.32. The van der Waals surface area contributed by atoms with Gasteiger partial charge in [-0.3, -0.25) is 5.32 Å². The molecule has 1 rings (SSSR count). The minimum Gasteiger partial charge on any atom is -0.359 e. The van der Waals surface area contributed by atoms with Crippen LogP contribution in [0.15, 0.2) is 0 Å². The maximum absolute atomic E-state index is 5.95. The van der Waals surface area contributed by atoms with Gasteiger partial charge in [0.05, 0.1) is 6.10 Å².